The largest absolute Gasteiger partial charge is 0.216 e. The van der Waals surface area contributed by atoms with Gasteiger partial charge in [-0.25, -0.2) is 12.7 Å². The maximum absolute atomic E-state index is 12.4. The molecule has 2 aliphatic rings. The molecule has 0 aromatic heterocycles. The van der Waals surface area contributed by atoms with Crippen molar-refractivity contribution < 1.29 is 8.42 Å². The quantitative estimate of drug-likeness (QED) is 0.749. The third-order valence-corrected chi connectivity index (χ3v) is 7.38. The summed E-state index contributed by atoms with van der Waals surface area (Å²) in [5.74, 6) is 0.630. The molecule has 0 aromatic carbocycles. The molecule has 1 heterocycles. The zero-order valence-electron chi connectivity index (χ0n) is 10.4. The van der Waals surface area contributed by atoms with E-state index in [1.165, 1.54) is 0 Å². The molecule has 100 valence electrons. The average Bonchev–Trinajstić information content (AvgIpc) is 2.83. The first kappa shape index (κ1) is 13.8. The Bertz CT molecular complexity index is 342. The molecule has 1 saturated carbocycles. The molecule has 0 bridgehead atoms. The molecule has 0 radical (unpaired) electrons. The summed E-state index contributed by atoms with van der Waals surface area (Å²) in [5.41, 5.74) is 0. The molecule has 5 heteroatoms. The van der Waals surface area contributed by atoms with Gasteiger partial charge in [0.25, 0.3) is 0 Å². The van der Waals surface area contributed by atoms with Gasteiger partial charge in [0.05, 0.1) is 5.25 Å². The Balaban J connectivity index is 1.95. The first-order valence-electron chi connectivity index (χ1n) is 6.65. The summed E-state index contributed by atoms with van der Waals surface area (Å²) in [6.45, 7) is 3.60. The van der Waals surface area contributed by atoms with Crippen LogP contribution in [0.1, 0.15) is 45.4 Å². The molecular weight excluding hydrogens is 302 g/mol. The lowest BCUT2D eigenvalue weighted by Gasteiger charge is -2.34. The summed E-state index contributed by atoms with van der Waals surface area (Å²) in [4.78, 5) is 0.499. The van der Waals surface area contributed by atoms with Gasteiger partial charge in [-0.3, -0.25) is 0 Å². The Morgan fingerprint density at radius 1 is 1.12 bits per heavy atom. The highest BCUT2D eigenvalue weighted by Gasteiger charge is 2.36. The molecule has 2 rings (SSSR count). The fraction of sp³-hybridized carbons (Fsp3) is 1.00. The van der Waals surface area contributed by atoms with Crippen molar-refractivity contribution in [2.24, 2.45) is 5.92 Å². The van der Waals surface area contributed by atoms with Crippen LogP contribution in [0.25, 0.3) is 0 Å². The van der Waals surface area contributed by atoms with Gasteiger partial charge in [0.1, 0.15) is 0 Å². The minimum absolute atomic E-state index is 0.0829. The lowest BCUT2D eigenvalue weighted by molar-refractivity contribution is 0.272. The molecule has 0 amide bonds. The van der Waals surface area contributed by atoms with Gasteiger partial charge in [-0.05, 0) is 31.6 Å². The van der Waals surface area contributed by atoms with E-state index in [0.29, 0.717) is 10.7 Å². The van der Waals surface area contributed by atoms with Crippen LogP contribution in [0.15, 0.2) is 0 Å². The molecule has 2 fully saturated rings. The van der Waals surface area contributed by atoms with Crippen LogP contribution in [0.4, 0.5) is 0 Å². The summed E-state index contributed by atoms with van der Waals surface area (Å²) in [5, 5.41) is -0.0829. The topological polar surface area (TPSA) is 37.4 Å². The van der Waals surface area contributed by atoms with Crippen LogP contribution in [-0.2, 0) is 10.0 Å². The minimum atomic E-state index is -2.99. The maximum Gasteiger partial charge on any atom is 0.216 e. The van der Waals surface area contributed by atoms with Gasteiger partial charge in [-0.15, -0.1) is 0 Å². The van der Waals surface area contributed by atoms with Crippen molar-refractivity contribution in [1.82, 2.24) is 4.31 Å². The second kappa shape index (κ2) is 5.57. The third kappa shape index (κ3) is 3.04. The number of halogens is 1. The Hall–Kier alpha value is 0.390. The number of nitrogens with zero attached hydrogens (tertiary/aromatic N) is 1. The van der Waals surface area contributed by atoms with Crippen molar-refractivity contribution in [2.75, 3.05) is 13.1 Å². The van der Waals surface area contributed by atoms with E-state index in [-0.39, 0.29) is 5.25 Å². The molecule has 0 spiro atoms. The summed E-state index contributed by atoms with van der Waals surface area (Å²) >= 11 is 3.60. The standard InChI is InChI=1S/C12H22BrNO2S/c1-10(13)11-6-8-14(9-7-11)17(15,16)12-4-2-3-5-12/h10-12H,2-9H2,1H3. The lowest BCUT2D eigenvalue weighted by atomic mass is 9.96. The Morgan fingerprint density at radius 3 is 2.12 bits per heavy atom. The van der Waals surface area contributed by atoms with Crippen molar-refractivity contribution in [3.05, 3.63) is 0 Å². The highest BCUT2D eigenvalue weighted by atomic mass is 79.9. The molecule has 3 nitrogen and oxygen atoms in total. The zero-order valence-corrected chi connectivity index (χ0v) is 12.8. The fourth-order valence-corrected chi connectivity index (χ4v) is 5.59. The summed E-state index contributed by atoms with van der Waals surface area (Å²) in [7, 11) is -2.99. The van der Waals surface area contributed by atoms with E-state index in [4.69, 9.17) is 0 Å². The van der Waals surface area contributed by atoms with E-state index < -0.39 is 10.0 Å². The van der Waals surface area contributed by atoms with E-state index in [2.05, 4.69) is 22.9 Å². The predicted octanol–water partition coefficient (Wildman–Crippen LogP) is 2.75. The van der Waals surface area contributed by atoms with Gasteiger partial charge >= 0.3 is 0 Å². The number of alkyl halides is 1. The molecular formula is C12H22BrNO2S. The van der Waals surface area contributed by atoms with Crippen molar-refractivity contribution >= 4 is 26.0 Å². The van der Waals surface area contributed by atoms with E-state index in [1.54, 1.807) is 4.31 Å². The van der Waals surface area contributed by atoms with Crippen molar-refractivity contribution in [1.29, 1.82) is 0 Å². The Kier molecular flexibility index (Phi) is 4.53. The first-order chi connectivity index (χ1) is 8.01. The number of hydrogen-bond acceptors (Lipinski definition) is 2. The summed E-state index contributed by atoms with van der Waals surface area (Å²) in [6.07, 6.45) is 5.91. The third-order valence-electron chi connectivity index (χ3n) is 4.23. The highest BCUT2D eigenvalue weighted by Crippen LogP contribution is 2.31. The summed E-state index contributed by atoms with van der Waals surface area (Å²) in [6, 6.07) is 0. The molecule has 1 unspecified atom stereocenters. The predicted molar refractivity (Wildman–Crippen MR) is 73.9 cm³/mol. The molecule has 0 aromatic rings. The van der Waals surface area contributed by atoms with Crippen molar-refractivity contribution in [2.45, 2.75) is 55.5 Å². The average molecular weight is 324 g/mol. The molecule has 1 aliphatic heterocycles. The maximum atomic E-state index is 12.4. The normalized spacial score (nSPS) is 27.4. The molecule has 1 atom stereocenters. The molecule has 0 N–H and O–H groups in total. The van der Waals surface area contributed by atoms with Gasteiger partial charge in [-0.2, -0.15) is 0 Å². The van der Waals surface area contributed by atoms with Crippen molar-refractivity contribution in [3.63, 3.8) is 0 Å². The number of piperidine rings is 1. The van der Waals surface area contributed by atoms with Gasteiger partial charge in [0.2, 0.25) is 10.0 Å². The number of rotatable bonds is 3. The van der Waals surface area contributed by atoms with Crippen LogP contribution < -0.4 is 0 Å². The van der Waals surface area contributed by atoms with Gasteiger partial charge in [-0.1, -0.05) is 35.7 Å². The van der Waals surface area contributed by atoms with E-state index in [9.17, 15) is 8.42 Å². The van der Waals surface area contributed by atoms with E-state index >= 15 is 0 Å². The SMILES string of the molecule is CC(Br)C1CCN(S(=O)(=O)C2CCCC2)CC1. The highest BCUT2D eigenvalue weighted by molar-refractivity contribution is 9.09. The molecule has 1 saturated heterocycles. The van der Waals surface area contributed by atoms with Crippen LogP contribution in [0.5, 0.6) is 0 Å². The van der Waals surface area contributed by atoms with Crippen molar-refractivity contribution in [3.8, 4) is 0 Å². The Labute approximate surface area is 113 Å². The monoisotopic (exact) mass is 323 g/mol. The minimum Gasteiger partial charge on any atom is -0.212 e. The fourth-order valence-electron chi connectivity index (χ4n) is 2.99. The van der Waals surface area contributed by atoms with Crippen LogP contribution in [0, 0.1) is 5.92 Å². The zero-order chi connectivity index (χ0) is 12.5. The number of hydrogen-bond donors (Lipinski definition) is 0. The number of sulfonamides is 1. The smallest absolute Gasteiger partial charge is 0.212 e. The van der Waals surface area contributed by atoms with Crippen LogP contribution >= 0.6 is 15.9 Å². The van der Waals surface area contributed by atoms with Crippen LogP contribution in [-0.4, -0.2) is 35.9 Å². The Morgan fingerprint density at radius 2 is 1.65 bits per heavy atom. The lowest BCUT2D eigenvalue weighted by Crippen LogP contribution is -2.43. The second-order valence-corrected chi connectivity index (χ2v) is 9.02. The van der Waals surface area contributed by atoms with Gasteiger partial charge in [0, 0.05) is 17.9 Å². The first-order valence-corrected chi connectivity index (χ1v) is 9.06. The molecule has 1 aliphatic carbocycles. The molecule has 17 heavy (non-hydrogen) atoms. The second-order valence-electron chi connectivity index (χ2n) is 5.37. The van der Waals surface area contributed by atoms with Gasteiger partial charge in [0.15, 0.2) is 0 Å². The van der Waals surface area contributed by atoms with Crippen LogP contribution in [0.3, 0.4) is 0 Å². The van der Waals surface area contributed by atoms with E-state index in [1.807, 2.05) is 0 Å². The van der Waals surface area contributed by atoms with E-state index in [0.717, 1.165) is 51.6 Å². The summed E-state index contributed by atoms with van der Waals surface area (Å²) < 4.78 is 26.5. The van der Waals surface area contributed by atoms with Gasteiger partial charge < -0.3 is 0 Å². The van der Waals surface area contributed by atoms with Crippen LogP contribution in [0.2, 0.25) is 0 Å².